The topological polar surface area (TPSA) is 90.6 Å². The van der Waals surface area contributed by atoms with Crippen LogP contribution in [0, 0.1) is 0 Å². The molecule has 7 heteroatoms. The van der Waals surface area contributed by atoms with Crippen molar-refractivity contribution >= 4 is 22.5 Å². The zero-order valence-electron chi connectivity index (χ0n) is 17.1. The number of amides is 1. The van der Waals surface area contributed by atoms with Gasteiger partial charge in [0, 0.05) is 28.6 Å². The summed E-state index contributed by atoms with van der Waals surface area (Å²) in [4.78, 5) is 24.4. The molecule has 154 valence electrons. The predicted molar refractivity (Wildman–Crippen MR) is 115 cm³/mol. The molecule has 3 heterocycles. The molecular weight excluding hydrogens is 380 g/mol. The van der Waals surface area contributed by atoms with Crippen LogP contribution in [0.2, 0.25) is 0 Å². The van der Waals surface area contributed by atoms with Crippen LogP contribution in [0.5, 0.6) is 11.8 Å². The Labute approximate surface area is 174 Å². The van der Waals surface area contributed by atoms with E-state index in [-0.39, 0.29) is 5.91 Å². The molecule has 2 N–H and O–H groups in total. The molecular formula is C23H24N4O3. The normalized spacial score (nSPS) is 16.3. The van der Waals surface area contributed by atoms with E-state index >= 15 is 0 Å². The van der Waals surface area contributed by atoms with Gasteiger partial charge in [0.2, 0.25) is 11.8 Å². The lowest BCUT2D eigenvalue weighted by Crippen LogP contribution is -2.33. The molecule has 0 atom stereocenters. The van der Waals surface area contributed by atoms with Crippen molar-refractivity contribution in [3.05, 3.63) is 41.6 Å². The Morgan fingerprint density at radius 2 is 1.83 bits per heavy atom. The number of anilines is 1. The minimum atomic E-state index is 0.0119. The number of hydrogen-bond acceptors (Lipinski definition) is 6. The summed E-state index contributed by atoms with van der Waals surface area (Å²) in [5.41, 5.74) is 10.8. The molecule has 1 fully saturated rings. The van der Waals surface area contributed by atoms with Gasteiger partial charge in [-0.05, 0) is 18.9 Å². The first-order chi connectivity index (χ1) is 14.6. The number of hydrogen-bond donors (Lipinski definition) is 1. The van der Waals surface area contributed by atoms with Crippen molar-refractivity contribution in [2.75, 3.05) is 20.0 Å². The molecule has 7 nitrogen and oxygen atoms in total. The van der Waals surface area contributed by atoms with Gasteiger partial charge in [-0.1, -0.05) is 31.0 Å². The number of fused-ring (bicyclic) bond motifs is 2. The Morgan fingerprint density at radius 3 is 2.57 bits per heavy atom. The number of para-hydroxylation sites is 1. The maximum atomic E-state index is 13.1. The zero-order chi connectivity index (χ0) is 20.8. The molecule has 30 heavy (non-hydrogen) atoms. The number of ether oxygens (including phenoxy) is 2. The van der Waals surface area contributed by atoms with Crippen LogP contribution in [0.15, 0.2) is 30.3 Å². The predicted octanol–water partition coefficient (Wildman–Crippen LogP) is 3.79. The number of nitrogens with zero attached hydrogens (tertiary/aromatic N) is 3. The summed E-state index contributed by atoms with van der Waals surface area (Å²) in [5.74, 6) is 0.936. The lowest BCUT2D eigenvalue weighted by Gasteiger charge is -2.23. The van der Waals surface area contributed by atoms with Crippen LogP contribution in [0.4, 0.5) is 5.69 Å². The minimum Gasteiger partial charge on any atom is -0.481 e. The Balaban J connectivity index is 1.67. The van der Waals surface area contributed by atoms with Crippen molar-refractivity contribution in [3.8, 4) is 22.9 Å². The van der Waals surface area contributed by atoms with Crippen LogP contribution >= 0.6 is 0 Å². The van der Waals surface area contributed by atoms with Gasteiger partial charge >= 0.3 is 0 Å². The first-order valence-corrected chi connectivity index (χ1v) is 10.2. The molecule has 1 aliphatic heterocycles. The fourth-order valence-electron chi connectivity index (χ4n) is 4.72. The van der Waals surface area contributed by atoms with Crippen molar-refractivity contribution < 1.29 is 14.3 Å². The third-order valence-electron chi connectivity index (χ3n) is 6.22. The molecule has 0 saturated heterocycles. The first-order valence-electron chi connectivity index (χ1n) is 10.2. The van der Waals surface area contributed by atoms with E-state index in [1.165, 1.54) is 12.8 Å². The number of methoxy groups -OCH3 is 2. The second-order valence-electron chi connectivity index (χ2n) is 7.83. The molecule has 1 aliphatic carbocycles. The van der Waals surface area contributed by atoms with Gasteiger partial charge in [0.15, 0.2) is 0 Å². The average Bonchev–Trinajstić information content (AvgIpc) is 3.41. The van der Waals surface area contributed by atoms with Gasteiger partial charge in [0.05, 0.1) is 43.2 Å². The highest BCUT2D eigenvalue weighted by atomic mass is 16.5. The van der Waals surface area contributed by atoms with Crippen LogP contribution in [-0.2, 0) is 6.54 Å². The number of aromatic nitrogens is 2. The van der Waals surface area contributed by atoms with Crippen molar-refractivity contribution in [1.29, 1.82) is 0 Å². The standard InChI is InChI=1S/C23H24N4O3/c1-29-18-11-10-15(22(26-18)30-2)14-8-5-9-16-20(24)19-17(25-21(14)16)12-27(23(19)28)13-6-3-4-7-13/h5,8-11,13H,3-4,6-7,12H2,1-2H3,(H2,24,25). The number of benzene rings is 1. The Morgan fingerprint density at radius 1 is 1.03 bits per heavy atom. The Hall–Kier alpha value is -3.35. The van der Waals surface area contributed by atoms with Gasteiger partial charge in [-0.15, -0.1) is 0 Å². The van der Waals surface area contributed by atoms with E-state index in [1.54, 1.807) is 20.3 Å². The summed E-state index contributed by atoms with van der Waals surface area (Å²) in [7, 11) is 3.14. The number of nitrogen functional groups attached to an aromatic ring is 1. The second kappa shape index (κ2) is 7.16. The number of nitrogens with two attached hydrogens (primary N) is 1. The molecule has 5 rings (SSSR count). The van der Waals surface area contributed by atoms with E-state index < -0.39 is 0 Å². The van der Waals surface area contributed by atoms with Gasteiger partial charge in [0.25, 0.3) is 5.91 Å². The fraction of sp³-hybridized carbons (Fsp3) is 0.348. The highest BCUT2D eigenvalue weighted by Gasteiger charge is 2.37. The lowest BCUT2D eigenvalue weighted by atomic mass is 9.99. The highest BCUT2D eigenvalue weighted by molar-refractivity contribution is 6.11. The van der Waals surface area contributed by atoms with Crippen molar-refractivity contribution in [3.63, 3.8) is 0 Å². The third-order valence-corrected chi connectivity index (χ3v) is 6.22. The number of rotatable bonds is 4. The van der Waals surface area contributed by atoms with Crippen molar-refractivity contribution in [2.45, 2.75) is 38.3 Å². The molecule has 1 saturated carbocycles. The second-order valence-corrected chi connectivity index (χ2v) is 7.83. The summed E-state index contributed by atoms with van der Waals surface area (Å²) in [6.07, 6.45) is 4.45. The van der Waals surface area contributed by atoms with Crippen LogP contribution in [0.25, 0.3) is 22.0 Å². The van der Waals surface area contributed by atoms with E-state index in [2.05, 4.69) is 4.98 Å². The van der Waals surface area contributed by atoms with Gasteiger partial charge in [-0.3, -0.25) is 4.79 Å². The van der Waals surface area contributed by atoms with E-state index in [0.29, 0.717) is 35.6 Å². The summed E-state index contributed by atoms with van der Waals surface area (Å²) < 4.78 is 10.7. The summed E-state index contributed by atoms with van der Waals surface area (Å²) >= 11 is 0. The molecule has 2 aliphatic rings. The molecule has 0 unspecified atom stereocenters. The van der Waals surface area contributed by atoms with E-state index in [9.17, 15) is 4.79 Å². The summed E-state index contributed by atoms with van der Waals surface area (Å²) in [5, 5.41) is 0.769. The van der Waals surface area contributed by atoms with E-state index in [1.807, 2.05) is 29.2 Å². The molecule has 0 bridgehead atoms. The molecule has 1 aromatic carbocycles. The van der Waals surface area contributed by atoms with Crippen molar-refractivity contribution in [1.82, 2.24) is 14.9 Å². The number of carbonyl (C=O) groups excluding carboxylic acids is 1. The van der Waals surface area contributed by atoms with Gasteiger partial charge in [0.1, 0.15) is 0 Å². The van der Waals surface area contributed by atoms with Crippen LogP contribution < -0.4 is 15.2 Å². The lowest BCUT2D eigenvalue weighted by molar-refractivity contribution is 0.0707. The maximum absolute atomic E-state index is 13.1. The van der Waals surface area contributed by atoms with Crippen LogP contribution in [0.3, 0.4) is 0 Å². The number of pyridine rings is 2. The monoisotopic (exact) mass is 404 g/mol. The highest BCUT2D eigenvalue weighted by Crippen LogP contribution is 2.40. The molecule has 1 amide bonds. The molecule has 3 aromatic rings. The Bertz CT molecular complexity index is 1150. The zero-order valence-corrected chi connectivity index (χ0v) is 17.1. The molecule has 0 spiro atoms. The van der Waals surface area contributed by atoms with E-state index in [4.69, 9.17) is 20.2 Å². The van der Waals surface area contributed by atoms with Gasteiger partial charge in [-0.2, -0.15) is 4.98 Å². The number of carbonyl (C=O) groups is 1. The molecule has 0 radical (unpaired) electrons. The summed E-state index contributed by atoms with van der Waals surface area (Å²) in [6.45, 7) is 0.519. The molecule has 2 aromatic heterocycles. The third kappa shape index (κ3) is 2.76. The first kappa shape index (κ1) is 18.7. The van der Waals surface area contributed by atoms with Gasteiger partial charge < -0.3 is 20.1 Å². The van der Waals surface area contributed by atoms with Crippen LogP contribution in [0.1, 0.15) is 41.7 Å². The summed E-state index contributed by atoms with van der Waals surface area (Å²) in [6, 6.07) is 9.79. The van der Waals surface area contributed by atoms with Crippen molar-refractivity contribution in [2.24, 2.45) is 0 Å². The Kier molecular flexibility index (Phi) is 4.46. The SMILES string of the molecule is COc1ccc(-c2cccc3c(N)c4c(nc23)CN(C2CCCC2)C4=O)c(OC)n1. The quantitative estimate of drug-likeness (QED) is 0.711. The average molecular weight is 404 g/mol. The minimum absolute atomic E-state index is 0.0119. The smallest absolute Gasteiger partial charge is 0.258 e. The maximum Gasteiger partial charge on any atom is 0.258 e. The van der Waals surface area contributed by atoms with Gasteiger partial charge in [-0.25, -0.2) is 4.98 Å². The van der Waals surface area contributed by atoms with Crippen LogP contribution in [-0.4, -0.2) is 41.0 Å². The largest absolute Gasteiger partial charge is 0.481 e. The fourth-order valence-corrected chi connectivity index (χ4v) is 4.72. The van der Waals surface area contributed by atoms with E-state index in [0.717, 1.165) is 40.6 Å².